The summed E-state index contributed by atoms with van der Waals surface area (Å²) in [5, 5.41) is 0. The largest absolute Gasteiger partial charge is 0.310 e. The van der Waals surface area contributed by atoms with Gasteiger partial charge in [-0.15, -0.1) is 0 Å². The molecule has 1 atom stereocenters. The van der Waals surface area contributed by atoms with Gasteiger partial charge < -0.3 is 4.90 Å². The van der Waals surface area contributed by atoms with Gasteiger partial charge in [0.1, 0.15) is 0 Å². The molecule has 41 heavy (non-hydrogen) atoms. The maximum atomic E-state index is 14.1. The van der Waals surface area contributed by atoms with Gasteiger partial charge in [-0.2, -0.15) is 0 Å². The second kappa shape index (κ2) is 12.0. The highest BCUT2D eigenvalue weighted by Gasteiger charge is 2.25. The number of benzene rings is 5. The Morgan fingerprint density at radius 2 is 1.10 bits per heavy atom. The number of ketones is 1. The molecule has 3 heteroatoms. The summed E-state index contributed by atoms with van der Waals surface area (Å²) in [5.74, 6) is 0.330. The van der Waals surface area contributed by atoms with Crippen molar-refractivity contribution in [3.63, 3.8) is 0 Å². The smallest absolute Gasteiger partial charge is 0.195 e. The van der Waals surface area contributed by atoms with Crippen LogP contribution in [0.4, 0.5) is 17.1 Å². The second-order valence-corrected chi connectivity index (χ2v) is 11.2. The summed E-state index contributed by atoms with van der Waals surface area (Å²) < 4.78 is 0.862. The summed E-state index contributed by atoms with van der Waals surface area (Å²) in [7, 11) is 0. The molecule has 0 spiro atoms. The van der Waals surface area contributed by atoms with Crippen LogP contribution >= 0.6 is 15.9 Å². The number of hydrogen-bond donors (Lipinski definition) is 0. The molecule has 0 bridgehead atoms. The Morgan fingerprint density at radius 3 is 1.63 bits per heavy atom. The maximum absolute atomic E-state index is 14.1. The first kappa shape index (κ1) is 26.7. The molecule has 0 saturated heterocycles. The number of allylic oxidation sites excluding steroid dienone is 4. The van der Waals surface area contributed by atoms with E-state index in [-0.39, 0.29) is 5.78 Å². The third-order valence-electron chi connectivity index (χ3n) is 7.48. The predicted octanol–water partition coefficient (Wildman–Crippen LogP) is 10.9. The minimum atomic E-state index is 0.0158. The second-order valence-electron chi connectivity index (χ2n) is 10.4. The van der Waals surface area contributed by atoms with E-state index in [1.165, 1.54) is 11.1 Å². The lowest BCUT2D eigenvalue weighted by Crippen LogP contribution is -2.16. The Morgan fingerprint density at radius 1 is 0.634 bits per heavy atom. The zero-order valence-electron chi connectivity index (χ0n) is 22.9. The molecule has 0 aromatic heterocycles. The maximum Gasteiger partial charge on any atom is 0.195 e. The topological polar surface area (TPSA) is 20.3 Å². The zero-order chi connectivity index (χ0) is 28.2. The number of anilines is 3. The van der Waals surface area contributed by atoms with Crippen LogP contribution in [0.15, 0.2) is 156 Å². The summed E-state index contributed by atoms with van der Waals surface area (Å²) in [6.07, 6.45) is 5.10. The van der Waals surface area contributed by atoms with Crippen LogP contribution in [0.25, 0.3) is 22.3 Å². The molecule has 5 aromatic carbocycles. The fraction of sp³-hybridized carbons (Fsp3) is 0.0789. The van der Waals surface area contributed by atoms with Crippen LogP contribution in [0.1, 0.15) is 23.7 Å². The van der Waals surface area contributed by atoms with Crippen molar-refractivity contribution in [1.82, 2.24) is 0 Å². The van der Waals surface area contributed by atoms with Crippen molar-refractivity contribution in [2.45, 2.75) is 13.3 Å². The Labute approximate surface area is 250 Å². The molecule has 0 heterocycles. The molecule has 6 rings (SSSR count). The van der Waals surface area contributed by atoms with Gasteiger partial charge in [0.05, 0.1) is 5.69 Å². The number of nitrogens with zero attached hydrogens (tertiary/aromatic N) is 1. The third kappa shape index (κ3) is 5.73. The van der Waals surface area contributed by atoms with Crippen molar-refractivity contribution >= 4 is 38.8 Å². The Balaban J connectivity index is 1.46. The first-order valence-corrected chi connectivity index (χ1v) is 14.7. The number of rotatable bonds is 7. The van der Waals surface area contributed by atoms with Crippen LogP contribution in [0.3, 0.4) is 0 Å². The van der Waals surface area contributed by atoms with E-state index in [0.717, 1.165) is 44.7 Å². The van der Waals surface area contributed by atoms with E-state index in [4.69, 9.17) is 0 Å². The van der Waals surface area contributed by atoms with Crippen LogP contribution in [-0.4, -0.2) is 5.78 Å². The van der Waals surface area contributed by atoms with Crippen molar-refractivity contribution < 1.29 is 4.79 Å². The van der Waals surface area contributed by atoms with Gasteiger partial charge in [0.2, 0.25) is 0 Å². The molecule has 1 unspecified atom stereocenters. The number of carbonyl (C=O) groups excluding carboxylic acids is 1. The number of hydrogen-bond acceptors (Lipinski definition) is 2. The summed E-state index contributed by atoms with van der Waals surface area (Å²) in [6.45, 7) is 2.14. The summed E-state index contributed by atoms with van der Waals surface area (Å²) >= 11 is 3.65. The number of halogens is 1. The van der Waals surface area contributed by atoms with Crippen LogP contribution in [-0.2, 0) is 0 Å². The molecule has 0 N–H and O–H groups in total. The lowest BCUT2D eigenvalue weighted by Gasteiger charge is -2.28. The molecular formula is C38H30BrNO. The average Bonchev–Trinajstić information content (AvgIpc) is 3.04. The quantitative estimate of drug-likeness (QED) is 0.174. The van der Waals surface area contributed by atoms with Crippen LogP contribution in [0.5, 0.6) is 0 Å². The van der Waals surface area contributed by atoms with Crippen LogP contribution in [0.2, 0.25) is 0 Å². The van der Waals surface area contributed by atoms with Gasteiger partial charge in [-0.1, -0.05) is 132 Å². The van der Waals surface area contributed by atoms with Crippen molar-refractivity contribution in [2.24, 2.45) is 5.92 Å². The third-order valence-corrected chi connectivity index (χ3v) is 8.23. The van der Waals surface area contributed by atoms with Crippen molar-refractivity contribution in [3.05, 3.63) is 161 Å². The van der Waals surface area contributed by atoms with Crippen molar-refractivity contribution in [3.8, 4) is 22.3 Å². The van der Waals surface area contributed by atoms with Crippen LogP contribution < -0.4 is 4.90 Å². The molecule has 200 valence electrons. The summed E-state index contributed by atoms with van der Waals surface area (Å²) in [5.41, 5.74) is 8.83. The van der Waals surface area contributed by atoms with Crippen molar-refractivity contribution in [2.75, 3.05) is 4.90 Å². The molecule has 1 aliphatic carbocycles. The highest BCUT2D eigenvalue weighted by atomic mass is 79.9. The molecule has 5 aromatic rings. The van der Waals surface area contributed by atoms with E-state index in [9.17, 15) is 4.79 Å². The van der Waals surface area contributed by atoms with Crippen molar-refractivity contribution in [1.29, 1.82) is 0 Å². The number of Topliss-reactive ketones (excluding diaryl/α,β-unsaturated/α-hetero) is 1. The fourth-order valence-electron chi connectivity index (χ4n) is 5.32. The SMILES string of the molecule is CC1C=C(C(=O)c2ccccc2N(c2ccc(-c3ccccc3)cc2)c2ccc(-c3ccccc3)cc2)C(Br)=CC1. The minimum Gasteiger partial charge on any atom is -0.310 e. The van der Waals surface area contributed by atoms with Gasteiger partial charge in [-0.25, -0.2) is 0 Å². The molecule has 0 radical (unpaired) electrons. The lowest BCUT2D eigenvalue weighted by atomic mass is 9.92. The molecule has 0 aliphatic heterocycles. The normalized spacial score (nSPS) is 14.6. The van der Waals surface area contributed by atoms with Gasteiger partial charge in [-0.05, 0) is 71.0 Å². The Bertz CT molecular complexity index is 1640. The average molecular weight is 597 g/mol. The van der Waals surface area contributed by atoms with Crippen LogP contribution in [0, 0.1) is 5.92 Å². The van der Waals surface area contributed by atoms with E-state index >= 15 is 0 Å². The minimum absolute atomic E-state index is 0.0158. The standard InChI is InChI=1S/C38H30BrNO/c1-27-16-25-36(39)35(26-27)38(41)34-14-8-9-15-37(34)40(32-21-17-30(18-22-32)28-10-4-2-5-11-28)33-23-19-31(20-24-33)29-12-6-3-7-13-29/h2-15,17-27H,16H2,1H3. The molecular weight excluding hydrogens is 566 g/mol. The molecule has 0 amide bonds. The number of para-hydroxylation sites is 1. The van der Waals surface area contributed by atoms with Gasteiger partial charge in [0.25, 0.3) is 0 Å². The first-order valence-electron chi connectivity index (χ1n) is 13.9. The van der Waals surface area contributed by atoms with Gasteiger partial charge in [0.15, 0.2) is 5.78 Å². The highest BCUT2D eigenvalue weighted by Crippen LogP contribution is 2.40. The van der Waals surface area contributed by atoms with E-state index in [1.54, 1.807) is 0 Å². The van der Waals surface area contributed by atoms with Gasteiger partial charge >= 0.3 is 0 Å². The molecule has 2 nitrogen and oxygen atoms in total. The zero-order valence-corrected chi connectivity index (χ0v) is 24.5. The molecule has 1 aliphatic rings. The first-order chi connectivity index (χ1) is 20.1. The van der Waals surface area contributed by atoms with E-state index in [0.29, 0.717) is 11.5 Å². The lowest BCUT2D eigenvalue weighted by molar-refractivity contribution is 0.103. The summed E-state index contributed by atoms with van der Waals surface area (Å²) in [4.78, 5) is 16.2. The van der Waals surface area contributed by atoms with E-state index in [1.807, 2.05) is 36.4 Å². The number of carbonyl (C=O) groups is 1. The van der Waals surface area contributed by atoms with E-state index in [2.05, 4.69) is 137 Å². The Kier molecular flexibility index (Phi) is 7.80. The van der Waals surface area contributed by atoms with Gasteiger partial charge in [-0.3, -0.25) is 4.79 Å². The predicted molar refractivity (Wildman–Crippen MR) is 175 cm³/mol. The van der Waals surface area contributed by atoms with E-state index < -0.39 is 0 Å². The van der Waals surface area contributed by atoms with Gasteiger partial charge in [0, 0.05) is 27.0 Å². The molecule has 0 saturated carbocycles. The Hall–Kier alpha value is -4.47. The molecule has 0 fully saturated rings. The monoisotopic (exact) mass is 595 g/mol. The summed E-state index contributed by atoms with van der Waals surface area (Å²) in [6, 6.07) is 45.8. The highest BCUT2D eigenvalue weighted by molar-refractivity contribution is 9.12. The fourth-order valence-corrected chi connectivity index (χ4v) is 5.81.